The number of aryl methyl sites for hydroxylation is 1. The molecule has 1 aromatic carbocycles. The summed E-state index contributed by atoms with van der Waals surface area (Å²) in [4.78, 5) is 4.06. The highest BCUT2D eigenvalue weighted by Gasteiger charge is 1.87. The van der Waals surface area contributed by atoms with Crippen LogP contribution in [-0.4, -0.2) is 4.98 Å². The average molecular weight is 195 g/mol. The Kier molecular flexibility index (Phi) is 2.93. The highest BCUT2D eigenvalue weighted by atomic mass is 14.6. The number of benzene rings is 1. The predicted molar refractivity (Wildman–Crippen MR) is 64.3 cm³/mol. The van der Waals surface area contributed by atoms with Crippen LogP contribution >= 0.6 is 0 Å². The fourth-order valence-corrected chi connectivity index (χ4v) is 1.34. The maximum absolute atomic E-state index is 4.06. The monoisotopic (exact) mass is 195 g/mol. The molecule has 0 N–H and O–H groups in total. The molecule has 0 bridgehead atoms. The van der Waals surface area contributed by atoms with E-state index in [1.165, 1.54) is 11.1 Å². The third kappa shape index (κ3) is 2.78. The Bertz CT molecular complexity index is 441. The van der Waals surface area contributed by atoms with Gasteiger partial charge in [0.15, 0.2) is 0 Å². The molecule has 1 heteroatoms. The van der Waals surface area contributed by atoms with Gasteiger partial charge < -0.3 is 0 Å². The van der Waals surface area contributed by atoms with Crippen LogP contribution in [0.25, 0.3) is 12.2 Å². The molecule has 0 aliphatic heterocycles. The zero-order valence-electron chi connectivity index (χ0n) is 8.72. The number of pyridine rings is 1. The lowest BCUT2D eigenvalue weighted by Gasteiger charge is -1.95. The van der Waals surface area contributed by atoms with Gasteiger partial charge in [-0.3, -0.25) is 4.98 Å². The van der Waals surface area contributed by atoms with E-state index in [-0.39, 0.29) is 0 Å². The van der Waals surface area contributed by atoms with Gasteiger partial charge in [-0.05, 0) is 24.1 Å². The summed E-state index contributed by atoms with van der Waals surface area (Å²) in [5.41, 5.74) is 3.62. The minimum Gasteiger partial charge on any atom is -0.264 e. The van der Waals surface area contributed by atoms with Gasteiger partial charge in [-0.15, -0.1) is 0 Å². The van der Waals surface area contributed by atoms with E-state index in [4.69, 9.17) is 0 Å². The molecular formula is C14H13N. The van der Waals surface area contributed by atoms with Gasteiger partial charge in [-0.1, -0.05) is 48.0 Å². The van der Waals surface area contributed by atoms with Crippen molar-refractivity contribution in [3.63, 3.8) is 0 Å². The summed E-state index contributed by atoms with van der Waals surface area (Å²) in [5.74, 6) is 0. The smallest absolute Gasteiger partial charge is 0.0340 e. The van der Waals surface area contributed by atoms with Gasteiger partial charge in [0.25, 0.3) is 0 Å². The number of aromatic nitrogens is 1. The summed E-state index contributed by atoms with van der Waals surface area (Å²) in [7, 11) is 0. The lowest BCUT2D eigenvalue weighted by atomic mass is 10.1. The van der Waals surface area contributed by atoms with E-state index in [1.54, 1.807) is 6.20 Å². The van der Waals surface area contributed by atoms with Gasteiger partial charge in [0, 0.05) is 12.4 Å². The van der Waals surface area contributed by atoms with Crippen molar-refractivity contribution in [3.8, 4) is 0 Å². The second kappa shape index (κ2) is 4.56. The summed E-state index contributed by atoms with van der Waals surface area (Å²) in [5, 5.41) is 0. The molecule has 1 aromatic heterocycles. The maximum atomic E-state index is 4.06. The molecule has 0 unspecified atom stereocenters. The minimum absolute atomic E-state index is 1.12. The standard InChI is InChI=1S/C14H13N/c1-12-4-6-13(7-5-12)8-9-14-3-2-10-15-11-14/h2-11H,1H3/b9-8+. The average Bonchev–Trinajstić information content (AvgIpc) is 2.30. The van der Waals surface area contributed by atoms with Crippen LogP contribution in [0.3, 0.4) is 0 Å². The van der Waals surface area contributed by atoms with E-state index in [2.05, 4.69) is 48.3 Å². The highest BCUT2D eigenvalue weighted by molar-refractivity contribution is 5.69. The van der Waals surface area contributed by atoms with Crippen LogP contribution in [0.4, 0.5) is 0 Å². The molecule has 1 heterocycles. The quantitative estimate of drug-likeness (QED) is 0.714. The van der Waals surface area contributed by atoms with Crippen LogP contribution < -0.4 is 0 Å². The Morgan fingerprint density at radius 3 is 2.33 bits per heavy atom. The van der Waals surface area contributed by atoms with E-state index in [0.717, 1.165) is 5.56 Å². The van der Waals surface area contributed by atoms with Crippen molar-refractivity contribution in [2.45, 2.75) is 6.92 Å². The van der Waals surface area contributed by atoms with Crippen LogP contribution in [0.5, 0.6) is 0 Å². The summed E-state index contributed by atoms with van der Waals surface area (Å²) in [6, 6.07) is 12.4. The Balaban J connectivity index is 2.15. The summed E-state index contributed by atoms with van der Waals surface area (Å²) in [6.45, 7) is 2.09. The van der Waals surface area contributed by atoms with Gasteiger partial charge in [-0.2, -0.15) is 0 Å². The Morgan fingerprint density at radius 1 is 0.933 bits per heavy atom. The van der Waals surface area contributed by atoms with Crippen molar-refractivity contribution in [1.82, 2.24) is 4.98 Å². The Morgan fingerprint density at radius 2 is 1.67 bits per heavy atom. The van der Waals surface area contributed by atoms with Gasteiger partial charge in [0.2, 0.25) is 0 Å². The molecule has 0 saturated heterocycles. The van der Waals surface area contributed by atoms with E-state index >= 15 is 0 Å². The van der Waals surface area contributed by atoms with E-state index in [9.17, 15) is 0 Å². The molecule has 0 fully saturated rings. The minimum atomic E-state index is 1.12. The molecule has 2 rings (SSSR count). The first kappa shape index (κ1) is 9.66. The van der Waals surface area contributed by atoms with Gasteiger partial charge in [-0.25, -0.2) is 0 Å². The first-order valence-electron chi connectivity index (χ1n) is 4.99. The van der Waals surface area contributed by atoms with Crippen LogP contribution in [-0.2, 0) is 0 Å². The Hall–Kier alpha value is -1.89. The van der Waals surface area contributed by atoms with Crippen LogP contribution in [0.1, 0.15) is 16.7 Å². The molecular weight excluding hydrogens is 182 g/mol. The van der Waals surface area contributed by atoms with E-state index in [0.29, 0.717) is 0 Å². The lowest BCUT2D eigenvalue weighted by Crippen LogP contribution is -1.75. The lowest BCUT2D eigenvalue weighted by molar-refractivity contribution is 1.32. The normalized spacial score (nSPS) is 10.7. The van der Waals surface area contributed by atoms with E-state index < -0.39 is 0 Å². The molecule has 1 nitrogen and oxygen atoms in total. The summed E-state index contributed by atoms with van der Waals surface area (Å²) in [6.07, 6.45) is 7.79. The van der Waals surface area contributed by atoms with Crippen molar-refractivity contribution in [2.75, 3.05) is 0 Å². The summed E-state index contributed by atoms with van der Waals surface area (Å²) >= 11 is 0. The zero-order chi connectivity index (χ0) is 10.5. The number of nitrogens with zero attached hydrogens (tertiary/aromatic N) is 1. The molecule has 0 saturated carbocycles. The maximum Gasteiger partial charge on any atom is 0.0340 e. The molecule has 0 aliphatic carbocycles. The third-order valence-corrected chi connectivity index (χ3v) is 2.23. The van der Waals surface area contributed by atoms with Gasteiger partial charge in [0.1, 0.15) is 0 Å². The second-order valence-corrected chi connectivity index (χ2v) is 3.53. The fourth-order valence-electron chi connectivity index (χ4n) is 1.34. The number of hydrogen-bond acceptors (Lipinski definition) is 1. The fraction of sp³-hybridized carbons (Fsp3) is 0.0714. The first-order chi connectivity index (χ1) is 7.34. The van der Waals surface area contributed by atoms with Gasteiger partial charge in [0.05, 0.1) is 0 Å². The van der Waals surface area contributed by atoms with Crippen LogP contribution in [0, 0.1) is 6.92 Å². The predicted octanol–water partition coefficient (Wildman–Crippen LogP) is 3.56. The van der Waals surface area contributed by atoms with Crippen molar-refractivity contribution >= 4 is 12.2 Å². The SMILES string of the molecule is Cc1ccc(/C=C/c2cccnc2)cc1. The molecule has 0 amide bonds. The topological polar surface area (TPSA) is 12.9 Å². The molecule has 0 aliphatic rings. The summed E-state index contributed by atoms with van der Waals surface area (Å²) < 4.78 is 0. The Labute approximate surface area is 90.1 Å². The van der Waals surface area contributed by atoms with Crippen molar-refractivity contribution in [2.24, 2.45) is 0 Å². The molecule has 0 radical (unpaired) electrons. The van der Waals surface area contributed by atoms with Crippen LogP contribution in [0.15, 0.2) is 48.8 Å². The van der Waals surface area contributed by atoms with Crippen molar-refractivity contribution < 1.29 is 0 Å². The molecule has 2 aromatic rings. The zero-order valence-corrected chi connectivity index (χ0v) is 8.72. The second-order valence-electron chi connectivity index (χ2n) is 3.53. The number of rotatable bonds is 2. The molecule has 0 atom stereocenters. The molecule has 15 heavy (non-hydrogen) atoms. The number of hydrogen-bond donors (Lipinski definition) is 0. The molecule has 0 spiro atoms. The first-order valence-corrected chi connectivity index (χ1v) is 4.99. The largest absolute Gasteiger partial charge is 0.264 e. The van der Waals surface area contributed by atoms with Crippen LogP contribution in [0.2, 0.25) is 0 Å². The van der Waals surface area contributed by atoms with Crippen molar-refractivity contribution in [3.05, 3.63) is 65.5 Å². The van der Waals surface area contributed by atoms with Gasteiger partial charge >= 0.3 is 0 Å². The highest BCUT2D eigenvalue weighted by Crippen LogP contribution is 2.08. The third-order valence-electron chi connectivity index (χ3n) is 2.23. The van der Waals surface area contributed by atoms with E-state index in [1.807, 2.05) is 18.3 Å². The molecule has 74 valence electrons. The van der Waals surface area contributed by atoms with Crippen molar-refractivity contribution in [1.29, 1.82) is 0 Å².